The molecule has 1 fully saturated rings. The minimum absolute atomic E-state index is 0.0603. The number of hydrogen-bond acceptors (Lipinski definition) is 2. The van der Waals surface area contributed by atoms with Crippen molar-refractivity contribution in [3.63, 3.8) is 0 Å². The van der Waals surface area contributed by atoms with Crippen molar-refractivity contribution in [2.75, 3.05) is 7.11 Å². The van der Waals surface area contributed by atoms with Gasteiger partial charge in [0.25, 0.3) is 0 Å². The molecule has 0 N–H and O–H groups in total. The van der Waals surface area contributed by atoms with Gasteiger partial charge in [-0.2, -0.15) is 0 Å². The van der Waals surface area contributed by atoms with Gasteiger partial charge < -0.3 is 4.74 Å². The van der Waals surface area contributed by atoms with Crippen molar-refractivity contribution in [3.05, 3.63) is 0 Å². The third kappa shape index (κ3) is 3.38. The summed E-state index contributed by atoms with van der Waals surface area (Å²) in [7, 11) is 0.160. The van der Waals surface area contributed by atoms with E-state index >= 15 is 0 Å². The van der Waals surface area contributed by atoms with Crippen LogP contribution in [0.3, 0.4) is 0 Å². The molecule has 0 heterocycles. The first kappa shape index (κ1) is 13.3. The highest BCUT2D eigenvalue weighted by Gasteiger charge is 2.41. The quantitative estimate of drug-likeness (QED) is 0.420. The van der Waals surface area contributed by atoms with Crippen molar-refractivity contribution in [2.24, 2.45) is 5.41 Å². The highest BCUT2D eigenvalue weighted by molar-refractivity contribution is 6.83. The highest BCUT2D eigenvalue weighted by Crippen LogP contribution is 2.41. The van der Waals surface area contributed by atoms with Crippen molar-refractivity contribution < 1.29 is 9.53 Å². The fourth-order valence-electron chi connectivity index (χ4n) is 2.20. The Balaban J connectivity index is 2.72. The van der Waals surface area contributed by atoms with E-state index in [4.69, 9.17) is 4.74 Å². The minimum Gasteiger partial charge on any atom is -0.469 e. The molecule has 0 aliphatic heterocycles. The molecular weight excluding hydrogens is 216 g/mol. The third-order valence-corrected chi connectivity index (χ3v) is 4.00. The predicted octanol–water partition coefficient (Wildman–Crippen LogP) is 2.99. The highest BCUT2D eigenvalue weighted by atomic mass is 28.3. The lowest BCUT2D eigenvalue weighted by molar-refractivity contribution is -0.152. The molecule has 16 heavy (non-hydrogen) atoms. The Morgan fingerprint density at radius 2 is 1.88 bits per heavy atom. The summed E-state index contributed by atoms with van der Waals surface area (Å²) < 4.78 is 4.92. The lowest BCUT2D eigenvalue weighted by Gasteiger charge is -2.23. The van der Waals surface area contributed by atoms with Crippen LogP contribution in [0.15, 0.2) is 0 Å². The van der Waals surface area contributed by atoms with E-state index < -0.39 is 8.07 Å². The van der Waals surface area contributed by atoms with Crippen LogP contribution in [0.2, 0.25) is 19.6 Å². The van der Waals surface area contributed by atoms with Gasteiger partial charge in [-0.05, 0) is 12.8 Å². The van der Waals surface area contributed by atoms with Gasteiger partial charge in [-0.15, -0.1) is 11.5 Å². The van der Waals surface area contributed by atoms with Crippen LogP contribution in [0, 0.1) is 16.9 Å². The molecule has 0 atom stereocenters. The summed E-state index contributed by atoms with van der Waals surface area (Å²) in [5.41, 5.74) is 3.04. The molecule has 0 saturated heterocycles. The van der Waals surface area contributed by atoms with Gasteiger partial charge in [-0.25, -0.2) is 0 Å². The van der Waals surface area contributed by atoms with Crippen molar-refractivity contribution in [2.45, 2.75) is 51.7 Å². The Morgan fingerprint density at radius 1 is 1.31 bits per heavy atom. The summed E-state index contributed by atoms with van der Waals surface area (Å²) >= 11 is 0. The molecule has 0 aromatic heterocycles. The van der Waals surface area contributed by atoms with E-state index in [0.29, 0.717) is 6.42 Å². The van der Waals surface area contributed by atoms with Gasteiger partial charge in [0.2, 0.25) is 0 Å². The lowest BCUT2D eigenvalue weighted by atomic mass is 9.83. The van der Waals surface area contributed by atoms with Crippen LogP contribution in [0.5, 0.6) is 0 Å². The van der Waals surface area contributed by atoms with E-state index in [1.807, 2.05) is 0 Å². The topological polar surface area (TPSA) is 26.3 Å². The molecular formula is C13H22O2Si. The smallest absolute Gasteiger partial charge is 0.312 e. The number of carbonyl (C=O) groups excluding carboxylic acids is 1. The van der Waals surface area contributed by atoms with Crippen molar-refractivity contribution in [3.8, 4) is 11.5 Å². The van der Waals surface area contributed by atoms with E-state index in [1.165, 1.54) is 7.11 Å². The van der Waals surface area contributed by atoms with Crippen LogP contribution in [0.1, 0.15) is 32.1 Å². The fourth-order valence-corrected chi connectivity index (χ4v) is 2.82. The van der Waals surface area contributed by atoms with Gasteiger partial charge in [0, 0.05) is 6.42 Å². The number of carbonyl (C=O) groups is 1. The molecule has 0 aromatic rings. The second kappa shape index (κ2) is 5.05. The summed E-state index contributed by atoms with van der Waals surface area (Å²) in [5.74, 6) is 3.17. The van der Waals surface area contributed by atoms with Crippen LogP contribution in [0.25, 0.3) is 0 Å². The zero-order valence-electron chi connectivity index (χ0n) is 10.9. The largest absolute Gasteiger partial charge is 0.469 e. The number of ether oxygens (including phenoxy) is 1. The Labute approximate surface area is 99.8 Å². The maximum atomic E-state index is 11.8. The van der Waals surface area contributed by atoms with Gasteiger partial charge in [0.15, 0.2) is 0 Å². The molecule has 1 saturated carbocycles. The second-order valence-electron chi connectivity index (χ2n) is 5.71. The lowest BCUT2D eigenvalue weighted by Crippen LogP contribution is -2.29. The molecule has 3 heteroatoms. The van der Waals surface area contributed by atoms with Crippen molar-refractivity contribution >= 4 is 14.0 Å². The summed E-state index contributed by atoms with van der Waals surface area (Å²) in [4.78, 5) is 11.8. The maximum Gasteiger partial charge on any atom is 0.312 e. The minimum atomic E-state index is -1.32. The summed E-state index contributed by atoms with van der Waals surface area (Å²) in [5, 5.41) is 0. The summed E-state index contributed by atoms with van der Waals surface area (Å²) in [6.45, 7) is 6.67. The molecule has 0 bridgehead atoms. The zero-order valence-corrected chi connectivity index (χ0v) is 11.9. The van der Waals surface area contributed by atoms with E-state index in [0.717, 1.165) is 25.7 Å². The number of esters is 1. The molecule has 0 amide bonds. The van der Waals surface area contributed by atoms with Crippen molar-refractivity contribution in [1.29, 1.82) is 0 Å². The monoisotopic (exact) mass is 238 g/mol. The average Bonchev–Trinajstić information content (AvgIpc) is 2.64. The number of rotatable bonds is 2. The second-order valence-corrected chi connectivity index (χ2v) is 10.5. The first-order valence-electron chi connectivity index (χ1n) is 5.98. The molecule has 90 valence electrons. The first-order valence-corrected chi connectivity index (χ1v) is 9.48. The van der Waals surface area contributed by atoms with Gasteiger partial charge in [0.1, 0.15) is 8.07 Å². The molecule has 0 unspecified atom stereocenters. The molecule has 0 aromatic carbocycles. The normalized spacial score (nSPS) is 18.8. The maximum absolute atomic E-state index is 11.8. The Bertz CT molecular complexity index is 311. The fraction of sp³-hybridized carbons (Fsp3) is 0.769. The summed E-state index contributed by atoms with van der Waals surface area (Å²) in [6.07, 6.45) is 4.83. The van der Waals surface area contributed by atoms with Crippen LogP contribution in [-0.4, -0.2) is 21.2 Å². The standard InChI is InChI=1S/C13H22O2Si/c1-15-12(14)13(8-5-6-9-13)10-7-11-16(2,3)4/h5-6,8-10H2,1-4H3. The van der Waals surface area contributed by atoms with Crippen molar-refractivity contribution in [1.82, 2.24) is 0 Å². The summed E-state index contributed by atoms with van der Waals surface area (Å²) in [6, 6.07) is 0. The molecule has 1 rings (SSSR count). The Morgan fingerprint density at radius 3 is 2.31 bits per heavy atom. The molecule has 0 radical (unpaired) electrons. The molecule has 2 nitrogen and oxygen atoms in total. The van der Waals surface area contributed by atoms with E-state index in [9.17, 15) is 4.79 Å². The van der Waals surface area contributed by atoms with E-state index in [1.54, 1.807) is 0 Å². The van der Waals surface area contributed by atoms with Crippen LogP contribution < -0.4 is 0 Å². The van der Waals surface area contributed by atoms with Crippen LogP contribution >= 0.6 is 0 Å². The average molecular weight is 238 g/mol. The molecule has 1 aliphatic rings. The van der Waals surface area contributed by atoms with E-state index in [-0.39, 0.29) is 11.4 Å². The third-order valence-electron chi connectivity index (χ3n) is 3.07. The SMILES string of the molecule is COC(=O)C1(CC#C[Si](C)(C)C)CCCC1. The van der Waals surface area contributed by atoms with Gasteiger partial charge in [-0.1, -0.05) is 32.5 Å². The van der Waals surface area contributed by atoms with Gasteiger partial charge in [0.05, 0.1) is 12.5 Å². The Hall–Kier alpha value is -0.753. The Kier molecular flexibility index (Phi) is 4.20. The predicted molar refractivity (Wildman–Crippen MR) is 68.7 cm³/mol. The molecule has 1 aliphatic carbocycles. The number of hydrogen-bond donors (Lipinski definition) is 0. The van der Waals surface area contributed by atoms with Gasteiger partial charge >= 0.3 is 5.97 Å². The first-order chi connectivity index (χ1) is 7.40. The molecule has 0 spiro atoms. The number of methoxy groups -OCH3 is 1. The van der Waals surface area contributed by atoms with Crippen LogP contribution in [-0.2, 0) is 9.53 Å². The van der Waals surface area contributed by atoms with E-state index in [2.05, 4.69) is 31.1 Å². The van der Waals surface area contributed by atoms with Crippen LogP contribution in [0.4, 0.5) is 0 Å². The zero-order chi connectivity index (χ0) is 12.2. The van der Waals surface area contributed by atoms with Gasteiger partial charge in [-0.3, -0.25) is 4.79 Å².